The molecule has 1 N–H and O–H groups in total. The fraction of sp³-hybridized carbons (Fsp3) is 0.280. The van der Waals surface area contributed by atoms with Gasteiger partial charge < -0.3 is 19.5 Å². The van der Waals surface area contributed by atoms with Crippen LogP contribution in [0.15, 0.2) is 53.3 Å². The molecule has 0 atom stereocenters. The van der Waals surface area contributed by atoms with Crippen molar-refractivity contribution < 1.29 is 19.0 Å². The highest BCUT2D eigenvalue weighted by atomic mass is 16.5. The number of aryl methyl sites for hydroxylation is 1. The first kappa shape index (κ1) is 23.8. The number of carbonyl (C=O) groups excluding carboxylic acids is 1. The molecule has 0 unspecified atom stereocenters. The summed E-state index contributed by atoms with van der Waals surface area (Å²) < 4.78 is 18.4. The average molecular weight is 478 g/mol. The molecule has 10 nitrogen and oxygen atoms in total. The number of amides is 1. The normalized spacial score (nSPS) is 10.9. The number of ether oxygens (including phenoxy) is 3. The van der Waals surface area contributed by atoms with Crippen LogP contribution in [0.5, 0.6) is 17.2 Å². The second kappa shape index (κ2) is 10.3. The summed E-state index contributed by atoms with van der Waals surface area (Å²) in [6.07, 6.45) is 0.598. The standard InChI is InChI=1S/C25H27N5O5/c1-16-27-29(15-24(31)26-12-11-17-5-10-22(34-3)23(13-17)35-4)25(32)21-14-20(28-30(16)21)18-6-8-19(33-2)9-7-18/h5-10,13-14H,11-12,15H2,1-4H3,(H,26,31). The minimum Gasteiger partial charge on any atom is -0.497 e. The lowest BCUT2D eigenvalue weighted by Crippen LogP contribution is -2.35. The zero-order valence-corrected chi connectivity index (χ0v) is 20.1. The molecule has 0 aliphatic carbocycles. The van der Waals surface area contributed by atoms with Gasteiger partial charge in [-0.15, -0.1) is 0 Å². The van der Waals surface area contributed by atoms with Crippen molar-refractivity contribution in [3.63, 3.8) is 0 Å². The maximum absolute atomic E-state index is 13.0. The van der Waals surface area contributed by atoms with Gasteiger partial charge in [0.2, 0.25) is 5.91 Å². The van der Waals surface area contributed by atoms with Gasteiger partial charge in [0.25, 0.3) is 5.56 Å². The van der Waals surface area contributed by atoms with E-state index in [1.165, 1.54) is 4.52 Å². The monoisotopic (exact) mass is 477 g/mol. The van der Waals surface area contributed by atoms with Crippen molar-refractivity contribution in [2.45, 2.75) is 19.9 Å². The number of hydrogen-bond donors (Lipinski definition) is 1. The highest BCUT2D eigenvalue weighted by molar-refractivity contribution is 5.75. The van der Waals surface area contributed by atoms with Crippen LogP contribution in [0.1, 0.15) is 11.4 Å². The summed E-state index contributed by atoms with van der Waals surface area (Å²) >= 11 is 0. The van der Waals surface area contributed by atoms with Crippen molar-refractivity contribution in [3.8, 4) is 28.5 Å². The molecule has 1 amide bonds. The number of fused-ring (bicyclic) bond motifs is 1. The van der Waals surface area contributed by atoms with Gasteiger partial charge in [0, 0.05) is 12.1 Å². The van der Waals surface area contributed by atoms with E-state index < -0.39 is 5.56 Å². The molecule has 35 heavy (non-hydrogen) atoms. The topological polar surface area (TPSA) is 109 Å². The molecule has 0 fully saturated rings. The third kappa shape index (κ3) is 5.11. The third-order valence-corrected chi connectivity index (χ3v) is 5.60. The fourth-order valence-corrected chi connectivity index (χ4v) is 3.76. The minimum absolute atomic E-state index is 0.189. The Bertz CT molecular complexity index is 1410. The van der Waals surface area contributed by atoms with Crippen LogP contribution in [0.2, 0.25) is 0 Å². The Morgan fingerprint density at radius 1 is 0.943 bits per heavy atom. The summed E-state index contributed by atoms with van der Waals surface area (Å²) in [6, 6.07) is 14.7. The molecule has 0 bridgehead atoms. The number of carbonyl (C=O) groups is 1. The molecule has 0 aliphatic rings. The Kier molecular flexibility index (Phi) is 7.00. The second-order valence-electron chi connectivity index (χ2n) is 7.85. The van der Waals surface area contributed by atoms with Crippen LogP contribution in [0, 0.1) is 6.92 Å². The molecule has 10 heteroatoms. The zero-order chi connectivity index (χ0) is 24.9. The first-order chi connectivity index (χ1) is 16.9. The highest BCUT2D eigenvalue weighted by Crippen LogP contribution is 2.27. The summed E-state index contributed by atoms with van der Waals surface area (Å²) in [6.45, 7) is 1.95. The lowest BCUT2D eigenvalue weighted by molar-refractivity contribution is -0.121. The maximum Gasteiger partial charge on any atom is 0.293 e. The van der Waals surface area contributed by atoms with Gasteiger partial charge in [-0.3, -0.25) is 9.59 Å². The van der Waals surface area contributed by atoms with Crippen LogP contribution < -0.4 is 25.1 Å². The van der Waals surface area contributed by atoms with Gasteiger partial charge in [-0.05, 0) is 61.4 Å². The Labute approximate surface area is 202 Å². The molecular weight excluding hydrogens is 450 g/mol. The summed E-state index contributed by atoms with van der Waals surface area (Å²) in [5.74, 6) is 2.20. The van der Waals surface area contributed by atoms with Crippen LogP contribution in [0.3, 0.4) is 0 Å². The number of aromatic nitrogens is 4. The number of methoxy groups -OCH3 is 3. The third-order valence-electron chi connectivity index (χ3n) is 5.60. The van der Waals surface area contributed by atoms with Gasteiger partial charge >= 0.3 is 0 Å². The predicted molar refractivity (Wildman–Crippen MR) is 130 cm³/mol. The molecule has 2 aromatic carbocycles. The van der Waals surface area contributed by atoms with Gasteiger partial charge in [-0.2, -0.15) is 10.2 Å². The molecule has 0 saturated heterocycles. The lowest BCUT2D eigenvalue weighted by Gasteiger charge is -2.10. The van der Waals surface area contributed by atoms with E-state index in [-0.39, 0.29) is 12.5 Å². The molecule has 4 aromatic rings. The Morgan fingerprint density at radius 2 is 1.69 bits per heavy atom. The first-order valence-corrected chi connectivity index (χ1v) is 11.0. The van der Waals surface area contributed by atoms with Crippen molar-refractivity contribution in [2.24, 2.45) is 0 Å². The van der Waals surface area contributed by atoms with Crippen LogP contribution in [0.25, 0.3) is 16.8 Å². The van der Waals surface area contributed by atoms with Gasteiger partial charge in [-0.25, -0.2) is 9.20 Å². The summed E-state index contributed by atoms with van der Waals surface area (Å²) in [5.41, 5.74) is 2.42. The first-order valence-electron chi connectivity index (χ1n) is 11.0. The number of rotatable bonds is 9. The second-order valence-corrected chi connectivity index (χ2v) is 7.85. The molecular formula is C25H27N5O5. The molecule has 4 rings (SSSR count). The molecule has 0 saturated carbocycles. The Balaban J connectivity index is 1.45. The summed E-state index contributed by atoms with van der Waals surface area (Å²) in [4.78, 5) is 25.5. The number of hydrogen-bond acceptors (Lipinski definition) is 7. The average Bonchev–Trinajstić information content (AvgIpc) is 3.33. The maximum atomic E-state index is 13.0. The molecule has 0 radical (unpaired) electrons. The molecule has 0 spiro atoms. The van der Waals surface area contributed by atoms with Crippen molar-refractivity contribution in [1.29, 1.82) is 0 Å². The van der Waals surface area contributed by atoms with Gasteiger partial charge in [0.1, 0.15) is 23.6 Å². The van der Waals surface area contributed by atoms with E-state index in [4.69, 9.17) is 14.2 Å². The molecule has 2 heterocycles. The minimum atomic E-state index is -0.391. The van der Waals surface area contributed by atoms with E-state index in [2.05, 4.69) is 15.5 Å². The van der Waals surface area contributed by atoms with Crippen LogP contribution in [-0.2, 0) is 17.8 Å². The van der Waals surface area contributed by atoms with E-state index >= 15 is 0 Å². The van der Waals surface area contributed by atoms with Gasteiger partial charge in [0.05, 0.1) is 27.0 Å². The SMILES string of the molecule is COc1ccc(-c2cc3c(=O)n(CC(=O)NCCc4ccc(OC)c(OC)c4)nc(C)n3n2)cc1. The zero-order valence-electron chi connectivity index (χ0n) is 20.1. The highest BCUT2D eigenvalue weighted by Gasteiger charge is 2.15. The quantitative estimate of drug-likeness (QED) is 0.394. The molecule has 182 valence electrons. The Morgan fingerprint density at radius 3 is 2.37 bits per heavy atom. The number of nitrogens with zero attached hydrogens (tertiary/aromatic N) is 4. The van der Waals surface area contributed by atoms with E-state index in [0.29, 0.717) is 41.5 Å². The van der Waals surface area contributed by atoms with Gasteiger partial charge in [0.15, 0.2) is 11.5 Å². The molecule has 0 aliphatic heterocycles. The van der Waals surface area contributed by atoms with E-state index in [1.807, 2.05) is 42.5 Å². The number of nitrogens with one attached hydrogen (secondary N) is 1. The van der Waals surface area contributed by atoms with E-state index in [1.54, 1.807) is 34.3 Å². The van der Waals surface area contributed by atoms with Crippen molar-refractivity contribution in [1.82, 2.24) is 24.7 Å². The van der Waals surface area contributed by atoms with Gasteiger partial charge in [-0.1, -0.05) is 6.07 Å². The van der Waals surface area contributed by atoms with Crippen LogP contribution >= 0.6 is 0 Å². The van der Waals surface area contributed by atoms with E-state index in [0.717, 1.165) is 21.6 Å². The number of benzene rings is 2. The molecule has 2 aromatic heterocycles. The fourth-order valence-electron chi connectivity index (χ4n) is 3.76. The summed E-state index contributed by atoms with van der Waals surface area (Å²) in [5, 5.41) is 11.6. The summed E-state index contributed by atoms with van der Waals surface area (Å²) in [7, 11) is 4.76. The van der Waals surface area contributed by atoms with Crippen molar-refractivity contribution >= 4 is 11.4 Å². The van der Waals surface area contributed by atoms with Crippen molar-refractivity contribution in [2.75, 3.05) is 27.9 Å². The largest absolute Gasteiger partial charge is 0.497 e. The van der Waals surface area contributed by atoms with Crippen LogP contribution in [0.4, 0.5) is 0 Å². The Hall–Kier alpha value is -4.34. The predicted octanol–water partition coefficient (Wildman–Crippen LogP) is 2.25. The van der Waals surface area contributed by atoms with E-state index in [9.17, 15) is 9.59 Å². The smallest absolute Gasteiger partial charge is 0.293 e. The van der Waals surface area contributed by atoms with Crippen molar-refractivity contribution in [3.05, 3.63) is 70.3 Å². The van der Waals surface area contributed by atoms with Crippen LogP contribution in [-0.4, -0.2) is 53.2 Å². The lowest BCUT2D eigenvalue weighted by atomic mass is 10.1.